The maximum Gasteiger partial charge on any atom is 0.324 e. The number of rotatable bonds is 8. The molecule has 220 valence electrons. The molecular formula is C30H32ClFN6O4. The lowest BCUT2D eigenvalue weighted by Crippen LogP contribution is -2.53. The number of piperidine rings is 1. The molecule has 0 saturated carbocycles. The Balaban J connectivity index is 1.15. The normalized spacial score (nSPS) is 17.0. The molecule has 12 heteroatoms. The predicted molar refractivity (Wildman–Crippen MR) is 158 cm³/mol. The molecule has 0 aliphatic carbocycles. The number of carbonyl (C=O) groups excluding carboxylic acids is 3. The molecule has 2 aliphatic heterocycles. The fourth-order valence-corrected chi connectivity index (χ4v) is 5.39. The van der Waals surface area contributed by atoms with Crippen LogP contribution in [0.25, 0.3) is 0 Å². The molecule has 2 aromatic carbocycles. The molecule has 5 rings (SSSR count). The quantitative estimate of drug-likeness (QED) is 0.273. The molecule has 3 aromatic rings. The number of amides is 4. The van der Waals surface area contributed by atoms with Gasteiger partial charge in [-0.2, -0.15) is 0 Å². The third-order valence-electron chi connectivity index (χ3n) is 7.16. The molecular weight excluding hydrogens is 563 g/mol. The van der Waals surface area contributed by atoms with Crippen LogP contribution in [0, 0.1) is 5.82 Å². The third kappa shape index (κ3) is 7.74. The van der Waals surface area contributed by atoms with E-state index in [2.05, 4.69) is 25.8 Å². The maximum atomic E-state index is 13.2. The van der Waals surface area contributed by atoms with E-state index < -0.39 is 24.1 Å². The standard InChI is InChI=1S/C30H32ClFN6O4/c31-24-17-22(10-11-25(24)35-28(40)19-27(39)34-21-8-6-20(32)7-9-21)42-23-12-13-33-26(18-23)36-30(41)38-16-2-1-5-29(38)37-14-3-4-15-37/h6-13,17-18,29H,1-5,14-16,19H2,(H,34,39)(H,35,40)(H,33,36,41). The van der Waals surface area contributed by atoms with Gasteiger partial charge in [-0.05, 0) is 74.6 Å². The van der Waals surface area contributed by atoms with E-state index in [1.54, 1.807) is 30.5 Å². The Hall–Kier alpha value is -4.22. The summed E-state index contributed by atoms with van der Waals surface area (Å²) in [5.41, 5.74) is 0.686. The number of anilines is 3. The average molecular weight is 595 g/mol. The van der Waals surface area contributed by atoms with Crippen molar-refractivity contribution in [1.29, 1.82) is 0 Å². The summed E-state index contributed by atoms with van der Waals surface area (Å²) in [5.74, 6) is -0.330. The zero-order chi connectivity index (χ0) is 29.5. The van der Waals surface area contributed by atoms with Crippen LogP contribution in [0.4, 0.5) is 26.4 Å². The van der Waals surface area contributed by atoms with E-state index >= 15 is 0 Å². The Bertz CT molecular complexity index is 1430. The number of nitrogens with one attached hydrogen (secondary N) is 3. The van der Waals surface area contributed by atoms with Crippen LogP contribution in [0.2, 0.25) is 5.02 Å². The second-order valence-electron chi connectivity index (χ2n) is 10.2. The van der Waals surface area contributed by atoms with E-state index in [-0.39, 0.29) is 17.2 Å². The van der Waals surface area contributed by atoms with Crippen molar-refractivity contribution in [2.75, 3.05) is 35.6 Å². The van der Waals surface area contributed by atoms with Gasteiger partial charge in [-0.3, -0.25) is 19.8 Å². The first kappa shape index (κ1) is 29.3. The minimum Gasteiger partial charge on any atom is -0.457 e. The monoisotopic (exact) mass is 594 g/mol. The summed E-state index contributed by atoms with van der Waals surface area (Å²) >= 11 is 6.36. The molecule has 0 bridgehead atoms. The predicted octanol–water partition coefficient (Wildman–Crippen LogP) is 6.07. The number of benzene rings is 2. The third-order valence-corrected chi connectivity index (χ3v) is 7.47. The first-order valence-corrected chi connectivity index (χ1v) is 14.3. The van der Waals surface area contributed by atoms with Crippen molar-refractivity contribution < 1.29 is 23.5 Å². The molecule has 0 spiro atoms. The summed E-state index contributed by atoms with van der Waals surface area (Å²) < 4.78 is 19.0. The van der Waals surface area contributed by atoms with Crippen LogP contribution in [-0.4, -0.2) is 58.4 Å². The van der Waals surface area contributed by atoms with Gasteiger partial charge in [0.2, 0.25) is 11.8 Å². The van der Waals surface area contributed by atoms with Gasteiger partial charge in [-0.15, -0.1) is 0 Å². The average Bonchev–Trinajstić information content (AvgIpc) is 3.51. The highest BCUT2D eigenvalue weighted by Crippen LogP contribution is 2.31. The van der Waals surface area contributed by atoms with Crippen molar-refractivity contribution in [3.63, 3.8) is 0 Å². The van der Waals surface area contributed by atoms with Crippen LogP contribution in [-0.2, 0) is 9.59 Å². The van der Waals surface area contributed by atoms with Crippen molar-refractivity contribution in [2.24, 2.45) is 0 Å². The van der Waals surface area contributed by atoms with E-state index in [9.17, 15) is 18.8 Å². The van der Waals surface area contributed by atoms with Gasteiger partial charge in [0, 0.05) is 43.7 Å². The summed E-state index contributed by atoms with van der Waals surface area (Å²) in [6, 6.07) is 13.1. The Morgan fingerprint density at radius 2 is 1.60 bits per heavy atom. The molecule has 1 aromatic heterocycles. The van der Waals surface area contributed by atoms with E-state index in [1.165, 1.54) is 43.2 Å². The fourth-order valence-electron chi connectivity index (χ4n) is 5.17. The number of carbonyl (C=O) groups is 3. The largest absolute Gasteiger partial charge is 0.457 e. The first-order valence-electron chi connectivity index (χ1n) is 13.9. The van der Waals surface area contributed by atoms with Gasteiger partial charge in [0.15, 0.2) is 0 Å². The number of aromatic nitrogens is 1. The van der Waals surface area contributed by atoms with Crippen LogP contribution < -0.4 is 20.7 Å². The van der Waals surface area contributed by atoms with Crippen LogP contribution in [0.1, 0.15) is 38.5 Å². The Labute approximate surface area is 248 Å². The molecule has 3 heterocycles. The van der Waals surface area contributed by atoms with Crippen molar-refractivity contribution in [1.82, 2.24) is 14.8 Å². The number of hydrogen-bond acceptors (Lipinski definition) is 6. The minimum atomic E-state index is -0.569. The van der Waals surface area contributed by atoms with Crippen LogP contribution in [0.15, 0.2) is 60.8 Å². The number of nitrogens with zero attached hydrogens (tertiary/aromatic N) is 3. The molecule has 2 aliphatic rings. The minimum absolute atomic E-state index is 0.117. The Kier molecular flexibility index (Phi) is 9.50. The molecule has 4 amide bonds. The molecule has 2 fully saturated rings. The highest BCUT2D eigenvalue weighted by atomic mass is 35.5. The SMILES string of the molecule is O=C(CC(=O)Nc1ccc(Oc2ccnc(NC(=O)N3CCCCC3N3CCCC3)c2)cc1Cl)Nc1ccc(F)cc1. The number of urea groups is 1. The molecule has 0 radical (unpaired) electrons. The van der Waals surface area contributed by atoms with Gasteiger partial charge in [0.25, 0.3) is 0 Å². The topological polar surface area (TPSA) is 116 Å². The van der Waals surface area contributed by atoms with Gasteiger partial charge in [0.05, 0.1) is 16.9 Å². The van der Waals surface area contributed by atoms with Crippen LogP contribution in [0.3, 0.4) is 0 Å². The van der Waals surface area contributed by atoms with Gasteiger partial charge in [0.1, 0.15) is 29.6 Å². The number of halogens is 2. The fraction of sp³-hybridized carbons (Fsp3) is 0.333. The lowest BCUT2D eigenvalue weighted by Gasteiger charge is -2.40. The molecule has 1 atom stereocenters. The summed E-state index contributed by atoms with van der Waals surface area (Å²) in [6.07, 6.45) is 6.62. The summed E-state index contributed by atoms with van der Waals surface area (Å²) in [5, 5.41) is 8.25. The van der Waals surface area contributed by atoms with Crippen molar-refractivity contribution in [3.8, 4) is 11.5 Å². The molecule has 3 N–H and O–H groups in total. The summed E-state index contributed by atoms with van der Waals surface area (Å²) in [7, 11) is 0. The Morgan fingerprint density at radius 1 is 0.881 bits per heavy atom. The van der Waals surface area contributed by atoms with Gasteiger partial charge >= 0.3 is 6.03 Å². The number of likely N-dealkylation sites (tertiary alicyclic amines) is 2. The Morgan fingerprint density at radius 3 is 2.36 bits per heavy atom. The van der Waals surface area contributed by atoms with Gasteiger partial charge < -0.3 is 20.3 Å². The first-order chi connectivity index (χ1) is 20.3. The maximum absolute atomic E-state index is 13.2. The molecule has 2 saturated heterocycles. The number of hydrogen-bond donors (Lipinski definition) is 3. The zero-order valence-corrected chi connectivity index (χ0v) is 23.7. The second-order valence-corrected chi connectivity index (χ2v) is 10.7. The van der Waals surface area contributed by atoms with E-state index in [4.69, 9.17) is 16.3 Å². The van der Waals surface area contributed by atoms with Crippen LogP contribution in [0.5, 0.6) is 11.5 Å². The van der Waals surface area contributed by atoms with E-state index in [0.717, 1.165) is 32.4 Å². The molecule has 1 unspecified atom stereocenters. The van der Waals surface area contributed by atoms with Gasteiger partial charge in [-0.1, -0.05) is 11.6 Å². The smallest absolute Gasteiger partial charge is 0.324 e. The van der Waals surface area contributed by atoms with E-state index in [1.807, 2.05) is 4.90 Å². The highest BCUT2D eigenvalue weighted by molar-refractivity contribution is 6.34. The second kappa shape index (κ2) is 13.6. The molecule has 10 nitrogen and oxygen atoms in total. The van der Waals surface area contributed by atoms with Crippen molar-refractivity contribution in [3.05, 3.63) is 71.6 Å². The van der Waals surface area contributed by atoms with Gasteiger partial charge in [-0.25, -0.2) is 14.2 Å². The lowest BCUT2D eigenvalue weighted by atomic mass is 10.1. The summed E-state index contributed by atoms with van der Waals surface area (Å²) in [6.45, 7) is 2.76. The lowest BCUT2D eigenvalue weighted by molar-refractivity contribution is -0.123. The molecule has 42 heavy (non-hydrogen) atoms. The van der Waals surface area contributed by atoms with E-state index in [0.29, 0.717) is 35.2 Å². The summed E-state index contributed by atoms with van der Waals surface area (Å²) in [4.78, 5) is 46.2. The zero-order valence-electron chi connectivity index (χ0n) is 22.9. The number of pyridine rings is 1. The van der Waals surface area contributed by atoms with Crippen molar-refractivity contribution in [2.45, 2.75) is 44.7 Å². The van der Waals surface area contributed by atoms with Crippen LogP contribution >= 0.6 is 11.6 Å². The number of ether oxygens (including phenoxy) is 1. The van der Waals surface area contributed by atoms with Crippen molar-refractivity contribution >= 4 is 46.6 Å². The highest BCUT2D eigenvalue weighted by Gasteiger charge is 2.32.